The van der Waals surface area contributed by atoms with Gasteiger partial charge in [-0.25, -0.2) is 14.4 Å². The standard InChI is InChI=1S/C18H24N2O2.2C17H20N2O.C16H22N2.5HI.3V/c1-10-7-8-15(9-16(10)20-18(21)22-6)17-11(2)13(4)19-14(5)12(17)3;2*1-10-6-7-15(8-16(10)18-9-20)17-11(2)13(4)19-14(5)12(17)3;1-9-6-7-14(8-15(9)17)16-10(2)12(4)18-13(5)11(16)3;;;;;;;;/h7-9,17,19H,1-6H3,(H,20,21);2*6-8,17,19H,1-5H3;6-8,16,18H,17H2,1-5H3;5*1H;;;/q;;;;;;;;;;+2;+3/p-5. The Bertz CT molecular complexity index is 3360. The van der Waals surface area contributed by atoms with Crippen molar-refractivity contribution in [1.82, 2.24) is 21.3 Å². The van der Waals surface area contributed by atoms with Crippen LogP contribution in [-0.2, 0) is 47.3 Å². The molecule has 8 rings (SSSR count). The summed E-state index contributed by atoms with van der Waals surface area (Å²) in [6, 6.07) is 24.8. The van der Waals surface area contributed by atoms with Gasteiger partial charge in [0, 0.05) is 99.2 Å². The molecule has 4 heterocycles. The van der Waals surface area contributed by atoms with Gasteiger partial charge >= 0.3 is 120 Å². The number of rotatable bonds is 7. The van der Waals surface area contributed by atoms with Crippen LogP contribution in [0.5, 0.6) is 0 Å². The van der Waals surface area contributed by atoms with E-state index in [1.54, 1.807) is 12.2 Å². The normalized spacial score (nSPS) is 15.3. The van der Waals surface area contributed by atoms with Gasteiger partial charge in [-0.05, 0) is 252 Å². The number of carbonyl (C=O) groups excluding carboxylic acids is 3. The molecule has 88 heavy (non-hydrogen) atoms. The summed E-state index contributed by atoms with van der Waals surface area (Å²) in [7, 11) is 2.00. The first-order valence-corrected chi connectivity index (χ1v) is 50.7. The number of nitrogens with zero attached hydrogens (tertiary/aromatic N) is 2. The van der Waals surface area contributed by atoms with E-state index >= 15 is 0 Å². The Morgan fingerprint density at radius 3 is 0.955 bits per heavy atom. The molecule has 7 N–H and O–H groups in total. The van der Waals surface area contributed by atoms with Crippen molar-refractivity contribution in [2.75, 3.05) is 18.2 Å². The zero-order chi connectivity index (χ0) is 65.9. The number of carbonyl (C=O) groups is 1. The molecule has 4 aromatic rings. The van der Waals surface area contributed by atoms with Gasteiger partial charge in [-0.1, -0.05) is 48.5 Å². The first-order chi connectivity index (χ1) is 40.8. The summed E-state index contributed by atoms with van der Waals surface area (Å²) in [5.41, 5.74) is 38.3. The van der Waals surface area contributed by atoms with Crippen molar-refractivity contribution in [1.29, 1.82) is 0 Å². The predicted octanol–water partition coefficient (Wildman–Crippen LogP) is 21.2. The Balaban J connectivity index is 0.000000385. The summed E-state index contributed by atoms with van der Waals surface area (Å²) in [5, 5.41) is 16.4. The van der Waals surface area contributed by atoms with Gasteiger partial charge in [-0.15, -0.1) is 0 Å². The number of nitrogen functional groups attached to an aromatic ring is 1. The molecule has 4 aliphatic heterocycles. The summed E-state index contributed by atoms with van der Waals surface area (Å²) in [5.74, 6) is 1.09. The minimum absolute atomic E-state index is 0. The van der Waals surface area contributed by atoms with Gasteiger partial charge in [0.15, 0.2) is 0 Å². The van der Waals surface area contributed by atoms with Crippen LogP contribution >= 0.6 is 99.9 Å². The Labute approximate surface area is 604 Å². The van der Waals surface area contributed by atoms with Crippen molar-refractivity contribution in [3.63, 3.8) is 0 Å². The number of nitrogens with two attached hydrogens (primary N) is 1. The molecule has 1 amide bonds. The number of isocyanates is 2. The van der Waals surface area contributed by atoms with Gasteiger partial charge in [0.05, 0.1) is 18.5 Å². The van der Waals surface area contributed by atoms with Crippen molar-refractivity contribution < 1.29 is 52.1 Å². The number of amides is 1. The first-order valence-electron chi connectivity index (χ1n) is 28.2. The van der Waals surface area contributed by atoms with Gasteiger partial charge in [0.1, 0.15) is 0 Å². The second-order valence-electron chi connectivity index (χ2n) is 22.3. The molecule has 0 spiro atoms. The molecule has 4 aromatic carbocycles. The molecule has 12 nitrogen and oxygen atoms in total. The number of methoxy groups -OCH3 is 1. The van der Waals surface area contributed by atoms with E-state index in [0.29, 0.717) is 26.8 Å². The minimum Gasteiger partial charge on any atom is 0 e. The molecule has 0 saturated carbocycles. The third-order valence-corrected chi connectivity index (χ3v) is 16.8. The van der Waals surface area contributed by atoms with Crippen LogP contribution in [0.4, 0.5) is 27.5 Å². The maximum absolute atomic E-state index is 11.5. The molecule has 0 saturated heterocycles. The van der Waals surface area contributed by atoms with E-state index in [2.05, 4.69) is 284 Å². The molecule has 4 aliphatic rings. The molecule has 0 aliphatic carbocycles. The van der Waals surface area contributed by atoms with Gasteiger partial charge in [0.2, 0.25) is 12.2 Å². The van der Waals surface area contributed by atoms with Crippen LogP contribution in [0.1, 0.15) is 179 Å². The van der Waals surface area contributed by atoms with Gasteiger partial charge in [0.25, 0.3) is 0 Å². The number of hydrogen-bond donors (Lipinski definition) is 6. The third kappa shape index (κ3) is 22.8. The topological polar surface area (TPSA) is 171 Å². The quantitative estimate of drug-likeness (QED) is 0.0456. The van der Waals surface area contributed by atoms with Crippen LogP contribution in [0, 0.1) is 27.7 Å². The Hall–Kier alpha value is -2.77. The molecule has 0 bridgehead atoms. The number of hydrogen-bond acceptors (Lipinski definition) is 11. The molecular weight excluding hydrogens is 1780 g/mol. The second-order valence-corrected chi connectivity index (χ2v) is 69.4. The largest absolute Gasteiger partial charge is 0 e. The Morgan fingerprint density at radius 1 is 0.466 bits per heavy atom. The molecule has 0 atom stereocenters. The zero-order valence-corrected chi connectivity index (χ0v) is 69.6. The van der Waals surface area contributed by atoms with Crippen molar-refractivity contribution in [3.05, 3.63) is 207 Å². The van der Waals surface area contributed by atoms with Crippen LogP contribution in [0.3, 0.4) is 0 Å². The van der Waals surface area contributed by atoms with E-state index in [-0.39, 0.29) is 41.2 Å². The average Bonchev–Trinajstić information content (AvgIpc) is 2.86. The SMILES string of the molecule is CC1=C(C)C(c2ccc(C)c(N)c2)C(C)=C(C)N1.CC1=C(C)C(c2ccc(C)c(N=C=O)c2)C(C)=C(C)N1.CC1=C(C)C(c2ccc(C)c(N=C=O)c2)C(C)=C(C)N1.COC(=O)Nc1cc(C2C(C)=C(C)NC(C)=C2C)ccc1C.[I][V]([I])[I].[I][V][I].[V]. The van der Waals surface area contributed by atoms with E-state index in [4.69, 9.17) is 10.5 Å². The van der Waals surface area contributed by atoms with Crippen LogP contribution in [0.15, 0.2) is 173 Å². The molecular formula is C68H86I5N8O4V3. The number of halogens is 5. The van der Waals surface area contributed by atoms with E-state index < -0.39 is 6.09 Å². The minimum atomic E-state index is -0.447. The number of nitrogens with one attached hydrogen (secondary N) is 5. The number of anilines is 2. The summed E-state index contributed by atoms with van der Waals surface area (Å²) in [6.45, 7) is 42.0. The van der Waals surface area contributed by atoms with Crippen molar-refractivity contribution >= 4 is 141 Å². The third-order valence-electron chi connectivity index (χ3n) is 16.8. The van der Waals surface area contributed by atoms with Gasteiger partial charge in [-0.3, -0.25) is 5.32 Å². The number of dihydropyridines is 4. The van der Waals surface area contributed by atoms with Crippen molar-refractivity contribution in [2.24, 2.45) is 9.98 Å². The van der Waals surface area contributed by atoms with Crippen LogP contribution in [0.25, 0.3) is 0 Å². The fourth-order valence-electron chi connectivity index (χ4n) is 10.8. The first kappa shape index (κ1) is 81.3. The molecule has 20 heteroatoms. The smallest absolute Gasteiger partial charge is 0 e. The average molecular weight is 1870 g/mol. The molecule has 0 unspecified atom stereocenters. The summed E-state index contributed by atoms with van der Waals surface area (Å²) in [6.07, 6.45) is 2.82. The van der Waals surface area contributed by atoms with Crippen molar-refractivity contribution in [3.8, 4) is 0 Å². The van der Waals surface area contributed by atoms with E-state index in [1.165, 1.54) is 120 Å². The molecule has 0 aromatic heterocycles. The maximum atomic E-state index is 11.5. The van der Waals surface area contributed by atoms with Crippen LogP contribution in [0.2, 0.25) is 0 Å². The zero-order valence-electron chi connectivity index (χ0n) is 54.6. The number of aliphatic imine (C=N–C) groups is 2. The number of benzene rings is 4. The van der Waals surface area contributed by atoms with Crippen LogP contribution < -0.4 is 32.3 Å². The summed E-state index contributed by atoms with van der Waals surface area (Å²) in [4.78, 5) is 39.9. The predicted molar refractivity (Wildman–Crippen MR) is 401 cm³/mol. The van der Waals surface area contributed by atoms with Gasteiger partial charge < -0.3 is 31.7 Å². The second kappa shape index (κ2) is 39.1. The summed E-state index contributed by atoms with van der Waals surface area (Å²) < 4.78 is 4.69. The summed E-state index contributed by atoms with van der Waals surface area (Å²) >= 11 is 12.1. The molecule has 0 fully saturated rings. The van der Waals surface area contributed by atoms with E-state index in [1.807, 2.05) is 64.1 Å². The van der Waals surface area contributed by atoms with Crippen molar-refractivity contribution in [2.45, 2.75) is 162 Å². The number of allylic oxidation sites excluding steroid dienone is 16. The molecule has 1 radical (unpaired) electrons. The Kier molecular flexibility index (Phi) is 36.1. The van der Waals surface area contributed by atoms with E-state index in [0.717, 1.165) is 33.6 Å². The fourth-order valence-corrected chi connectivity index (χ4v) is 10.8. The van der Waals surface area contributed by atoms with E-state index in [9.17, 15) is 14.4 Å². The Morgan fingerprint density at radius 2 is 0.705 bits per heavy atom. The monoisotopic (exact) mass is 1870 g/mol. The van der Waals surface area contributed by atoms with Gasteiger partial charge in [-0.2, -0.15) is 9.98 Å². The molecule has 472 valence electrons. The van der Waals surface area contributed by atoms with Crippen LogP contribution in [-0.4, -0.2) is 25.4 Å². The number of aryl methyl sites for hydroxylation is 4. The number of ether oxygens (including phenoxy) is 1. The fraction of sp³-hybridized carbons (Fsp3) is 0.368. The maximum Gasteiger partial charge on any atom is 0 e.